The number of amides is 3. The molecule has 194 valence electrons. The van der Waals surface area contributed by atoms with Gasteiger partial charge in [-0.1, -0.05) is 48.7 Å². The molecule has 0 unspecified atom stereocenters. The van der Waals surface area contributed by atoms with E-state index in [-0.39, 0.29) is 36.3 Å². The largest absolute Gasteiger partial charge is 0.338 e. The van der Waals surface area contributed by atoms with E-state index in [4.69, 9.17) is 11.6 Å². The Balaban J connectivity index is 1.33. The first-order valence-corrected chi connectivity index (χ1v) is 14.1. The summed E-state index contributed by atoms with van der Waals surface area (Å²) < 4.78 is 0. The number of imide groups is 1. The van der Waals surface area contributed by atoms with Crippen molar-refractivity contribution in [3.63, 3.8) is 0 Å². The minimum Gasteiger partial charge on any atom is -0.338 e. The van der Waals surface area contributed by atoms with Gasteiger partial charge in [-0.25, -0.2) is 0 Å². The molecule has 2 aromatic carbocycles. The van der Waals surface area contributed by atoms with Crippen molar-refractivity contribution in [2.24, 2.45) is 5.92 Å². The van der Waals surface area contributed by atoms with E-state index in [1.807, 2.05) is 24.3 Å². The summed E-state index contributed by atoms with van der Waals surface area (Å²) in [4.78, 5) is 46.8. The van der Waals surface area contributed by atoms with Crippen LogP contribution in [0.5, 0.6) is 0 Å². The molecule has 6 nitrogen and oxygen atoms in total. The summed E-state index contributed by atoms with van der Waals surface area (Å²) in [5.41, 5.74) is 1.94. The van der Waals surface area contributed by atoms with E-state index >= 15 is 0 Å². The number of nitrogens with zero attached hydrogens (tertiary/aromatic N) is 3. The summed E-state index contributed by atoms with van der Waals surface area (Å²) in [5.74, 6) is 0.0516. The number of hydrogen-bond donors (Lipinski definition) is 0. The molecule has 3 fully saturated rings. The average Bonchev–Trinajstić information content (AvgIpc) is 3.75. The van der Waals surface area contributed by atoms with E-state index in [9.17, 15) is 14.4 Å². The van der Waals surface area contributed by atoms with Crippen molar-refractivity contribution >= 4 is 29.3 Å². The highest BCUT2D eigenvalue weighted by atomic mass is 35.5. The molecule has 1 saturated heterocycles. The highest BCUT2D eigenvalue weighted by molar-refractivity contribution is 6.30. The Hall–Kier alpha value is -2.70. The van der Waals surface area contributed by atoms with Crippen LogP contribution in [0.15, 0.2) is 48.5 Å². The predicted octanol–water partition coefficient (Wildman–Crippen LogP) is 5.15. The second kappa shape index (κ2) is 10.2. The summed E-state index contributed by atoms with van der Waals surface area (Å²) in [6.45, 7) is 1.44. The van der Waals surface area contributed by atoms with Crippen LogP contribution >= 0.6 is 11.6 Å². The molecule has 0 bridgehead atoms. The topological polar surface area (TPSA) is 60.9 Å². The molecule has 3 amide bonds. The number of fused-ring (bicyclic) bond motifs is 2. The van der Waals surface area contributed by atoms with Crippen molar-refractivity contribution in [3.8, 4) is 0 Å². The first kappa shape index (κ1) is 24.6. The maximum atomic E-state index is 14.5. The van der Waals surface area contributed by atoms with Crippen LogP contribution in [-0.4, -0.2) is 63.6 Å². The van der Waals surface area contributed by atoms with Crippen molar-refractivity contribution < 1.29 is 14.4 Å². The second-order valence-electron chi connectivity index (χ2n) is 11.1. The lowest BCUT2D eigenvalue weighted by atomic mass is 9.78. The Bertz CT molecular complexity index is 1160. The lowest BCUT2D eigenvalue weighted by Crippen LogP contribution is -2.59. The molecule has 2 aliphatic heterocycles. The van der Waals surface area contributed by atoms with Gasteiger partial charge in [-0.2, -0.15) is 0 Å². The molecule has 4 aliphatic rings. The average molecular weight is 520 g/mol. The Kier molecular flexibility index (Phi) is 6.80. The van der Waals surface area contributed by atoms with Crippen LogP contribution in [-0.2, 0) is 11.3 Å². The van der Waals surface area contributed by atoms with E-state index in [0.29, 0.717) is 28.6 Å². The molecule has 2 saturated carbocycles. The molecular weight excluding hydrogens is 486 g/mol. The van der Waals surface area contributed by atoms with Gasteiger partial charge in [-0.05, 0) is 74.3 Å². The Morgan fingerprint density at radius 2 is 1.54 bits per heavy atom. The fourth-order valence-corrected chi connectivity index (χ4v) is 6.82. The third-order valence-corrected chi connectivity index (χ3v) is 8.99. The van der Waals surface area contributed by atoms with Crippen molar-refractivity contribution in [1.82, 2.24) is 14.7 Å². The number of benzene rings is 2. The SMILES string of the molecule is O=C1c2ccccc2C(=O)N1C[C@H](C(=O)N1CCC[C@H]2CCCC[C@@H]21)N(Cc1ccc(Cl)cc1)C1CC1. The number of piperidine rings is 1. The molecule has 0 spiro atoms. The van der Waals surface area contributed by atoms with E-state index in [1.54, 1.807) is 24.3 Å². The number of likely N-dealkylation sites (tertiary alicyclic amines) is 1. The second-order valence-corrected chi connectivity index (χ2v) is 11.5. The van der Waals surface area contributed by atoms with Gasteiger partial charge in [-0.15, -0.1) is 0 Å². The summed E-state index contributed by atoms with van der Waals surface area (Å²) in [6, 6.07) is 14.7. The maximum Gasteiger partial charge on any atom is 0.261 e. The fourth-order valence-electron chi connectivity index (χ4n) is 6.69. The number of hydrogen-bond acceptors (Lipinski definition) is 4. The molecule has 0 aromatic heterocycles. The smallest absolute Gasteiger partial charge is 0.261 e. The molecule has 0 radical (unpaired) electrons. The van der Waals surface area contributed by atoms with Crippen LogP contribution in [0.4, 0.5) is 0 Å². The zero-order chi connectivity index (χ0) is 25.5. The van der Waals surface area contributed by atoms with E-state index < -0.39 is 6.04 Å². The number of carbonyl (C=O) groups excluding carboxylic acids is 3. The third kappa shape index (κ3) is 4.82. The molecule has 2 heterocycles. The van der Waals surface area contributed by atoms with Crippen molar-refractivity contribution in [3.05, 3.63) is 70.2 Å². The van der Waals surface area contributed by atoms with Crippen LogP contribution in [0.3, 0.4) is 0 Å². The number of carbonyl (C=O) groups is 3. The third-order valence-electron chi connectivity index (χ3n) is 8.74. The summed E-state index contributed by atoms with van der Waals surface area (Å²) >= 11 is 6.14. The minimum atomic E-state index is -0.564. The van der Waals surface area contributed by atoms with Crippen LogP contribution in [0.2, 0.25) is 5.02 Å². The van der Waals surface area contributed by atoms with Gasteiger partial charge in [0.05, 0.1) is 17.7 Å². The molecular formula is C30H34ClN3O3. The Morgan fingerprint density at radius 3 is 2.22 bits per heavy atom. The van der Waals surface area contributed by atoms with E-state index in [0.717, 1.165) is 44.2 Å². The molecule has 2 aliphatic carbocycles. The number of rotatable bonds is 7. The lowest BCUT2D eigenvalue weighted by Gasteiger charge is -2.46. The maximum absolute atomic E-state index is 14.5. The first-order chi connectivity index (χ1) is 18.0. The van der Waals surface area contributed by atoms with Gasteiger partial charge < -0.3 is 4.90 Å². The Morgan fingerprint density at radius 1 is 0.892 bits per heavy atom. The molecule has 6 rings (SSSR count). The summed E-state index contributed by atoms with van der Waals surface area (Å²) in [7, 11) is 0. The fraction of sp³-hybridized carbons (Fsp3) is 0.500. The molecule has 7 heteroatoms. The van der Waals surface area contributed by atoms with Crippen LogP contribution in [0, 0.1) is 5.92 Å². The molecule has 0 N–H and O–H groups in total. The van der Waals surface area contributed by atoms with E-state index in [1.165, 1.54) is 24.2 Å². The quantitative estimate of drug-likeness (QED) is 0.475. The van der Waals surface area contributed by atoms with Gasteiger partial charge >= 0.3 is 0 Å². The van der Waals surface area contributed by atoms with Crippen molar-refractivity contribution in [1.29, 1.82) is 0 Å². The van der Waals surface area contributed by atoms with Gasteiger partial charge in [0.2, 0.25) is 5.91 Å². The lowest BCUT2D eigenvalue weighted by molar-refractivity contribution is -0.144. The van der Waals surface area contributed by atoms with Gasteiger partial charge in [0.1, 0.15) is 6.04 Å². The molecule has 2 aromatic rings. The zero-order valence-corrected chi connectivity index (χ0v) is 21.9. The van der Waals surface area contributed by atoms with E-state index in [2.05, 4.69) is 9.80 Å². The zero-order valence-electron chi connectivity index (χ0n) is 21.2. The predicted molar refractivity (Wildman–Crippen MR) is 142 cm³/mol. The monoisotopic (exact) mass is 519 g/mol. The van der Waals surface area contributed by atoms with Crippen molar-refractivity contribution in [2.45, 2.75) is 76.0 Å². The van der Waals surface area contributed by atoms with Crippen LogP contribution in [0.25, 0.3) is 0 Å². The van der Waals surface area contributed by atoms with Gasteiger partial charge in [0, 0.05) is 30.2 Å². The van der Waals surface area contributed by atoms with Crippen LogP contribution in [0.1, 0.15) is 77.6 Å². The highest BCUT2D eigenvalue weighted by Crippen LogP contribution is 2.38. The normalized spacial score (nSPS) is 24.3. The minimum absolute atomic E-state index is 0.0778. The van der Waals surface area contributed by atoms with Gasteiger partial charge in [-0.3, -0.25) is 24.2 Å². The number of halogens is 1. The van der Waals surface area contributed by atoms with Crippen molar-refractivity contribution in [2.75, 3.05) is 13.1 Å². The summed E-state index contributed by atoms with van der Waals surface area (Å²) in [6.07, 6.45) is 8.89. The van der Waals surface area contributed by atoms with Gasteiger partial charge in [0.15, 0.2) is 0 Å². The Labute approximate surface area is 223 Å². The standard InChI is InChI=1S/C30H34ClN3O3/c31-22-13-11-20(12-14-22)18-33(23-15-16-23)27(19-34-28(35)24-8-2-3-9-25(24)29(34)36)30(37)32-17-5-7-21-6-1-4-10-26(21)32/h2-3,8-9,11-14,21,23,26-27H,1,4-7,10,15-19H2/t21-,26+,27-/m1/s1. The molecule has 37 heavy (non-hydrogen) atoms. The highest BCUT2D eigenvalue weighted by Gasteiger charge is 2.46. The first-order valence-electron chi connectivity index (χ1n) is 13.8. The van der Waals surface area contributed by atoms with Gasteiger partial charge in [0.25, 0.3) is 11.8 Å². The molecule has 3 atom stereocenters. The van der Waals surface area contributed by atoms with Crippen LogP contribution < -0.4 is 0 Å². The summed E-state index contributed by atoms with van der Waals surface area (Å²) in [5, 5.41) is 0.678.